The van der Waals surface area contributed by atoms with Gasteiger partial charge in [-0.3, -0.25) is 0 Å². The van der Waals surface area contributed by atoms with E-state index >= 15 is 0 Å². The van der Waals surface area contributed by atoms with Gasteiger partial charge in [-0.05, 0) is 55.4 Å². The van der Waals surface area contributed by atoms with E-state index < -0.39 is 0 Å². The molecule has 0 unspecified atom stereocenters. The molecular formula is C28H41N7S. The summed E-state index contributed by atoms with van der Waals surface area (Å²) in [6, 6.07) is 13.3. The fraction of sp³-hybridized carbons (Fsp3) is 0.607. The number of aromatic nitrogens is 2. The quantitative estimate of drug-likeness (QED) is 0.554. The van der Waals surface area contributed by atoms with Gasteiger partial charge in [0.2, 0.25) is 5.95 Å². The Morgan fingerprint density at radius 1 is 0.833 bits per heavy atom. The van der Waals surface area contributed by atoms with E-state index in [-0.39, 0.29) is 0 Å². The second-order valence-electron chi connectivity index (χ2n) is 11.0. The Hall–Kier alpha value is -2.61. The van der Waals surface area contributed by atoms with E-state index in [0.29, 0.717) is 28.9 Å². The van der Waals surface area contributed by atoms with E-state index in [2.05, 4.69) is 75.6 Å². The third kappa shape index (κ3) is 6.38. The zero-order chi connectivity index (χ0) is 24.9. The number of para-hydroxylation sites is 1. The number of benzene rings is 1. The van der Waals surface area contributed by atoms with Gasteiger partial charge in [0, 0.05) is 57.1 Å². The predicted molar refractivity (Wildman–Crippen MR) is 154 cm³/mol. The molecule has 7 nitrogen and oxygen atoms in total. The Morgan fingerprint density at radius 3 is 2.11 bits per heavy atom. The van der Waals surface area contributed by atoms with Crippen LogP contribution in [-0.2, 0) is 0 Å². The van der Waals surface area contributed by atoms with Crippen molar-refractivity contribution in [3.05, 3.63) is 36.4 Å². The molecule has 0 radical (unpaired) electrons. The summed E-state index contributed by atoms with van der Waals surface area (Å²) >= 11 is 5.69. The predicted octanol–water partition coefficient (Wildman–Crippen LogP) is 4.90. The van der Waals surface area contributed by atoms with Crippen molar-refractivity contribution < 1.29 is 0 Å². The van der Waals surface area contributed by atoms with E-state index in [4.69, 9.17) is 22.2 Å². The minimum atomic E-state index is 0.455. The van der Waals surface area contributed by atoms with Gasteiger partial charge in [0.15, 0.2) is 5.11 Å². The number of piperazine rings is 1. The first-order valence-corrected chi connectivity index (χ1v) is 14.2. The van der Waals surface area contributed by atoms with Gasteiger partial charge in [0.05, 0.1) is 0 Å². The first-order valence-electron chi connectivity index (χ1n) is 13.8. The highest BCUT2D eigenvalue weighted by Crippen LogP contribution is 2.29. The standard InChI is InChI=1S/C28H41N7S/c1-21-17-22(2)20-35(19-21)26-18-25(34-15-13-33(14-16-34)24-11-7-4-8-12-24)30-27(31-26)32-28(36)29-23-9-5-3-6-10-23/h4,7-8,11-12,18,21-23H,3,5-6,9-10,13-17,19-20H2,1-2H3,(H2,29,30,31,32,36)/t21-,22-/m1/s1. The van der Waals surface area contributed by atoms with Gasteiger partial charge in [-0.2, -0.15) is 9.97 Å². The second-order valence-corrected chi connectivity index (χ2v) is 11.4. The average Bonchev–Trinajstić information content (AvgIpc) is 2.89. The van der Waals surface area contributed by atoms with E-state index in [1.807, 2.05) is 0 Å². The van der Waals surface area contributed by atoms with E-state index in [9.17, 15) is 0 Å². The van der Waals surface area contributed by atoms with E-state index in [1.54, 1.807) is 0 Å². The summed E-state index contributed by atoms with van der Waals surface area (Å²) in [4.78, 5) is 17.2. The van der Waals surface area contributed by atoms with Gasteiger partial charge in [0.1, 0.15) is 11.6 Å². The molecular weight excluding hydrogens is 466 g/mol. The average molecular weight is 508 g/mol. The van der Waals surface area contributed by atoms with Crippen LogP contribution in [0.3, 0.4) is 0 Å². The summed E-state index contributed by atoms with van der Waals surface area (Å²) < 4.78 is 0. The molecule has 1 saturated carbocycles. The van der Waals surface area contributed by atoms with Crippen LogP contribution in [-0.4, -0.2) is 60.4 Å². The molecule has 1 aromatic heterocycles. The van der Waals surface area contributed by atoms with Crippen LogP contribution in [0.1, 0.15) is 52.4 Å². The first kappa shape index (κ1) is 25.1. The molecule has 36 heavy (non-hydrogen) atoms. The van der Waals surface area contributed by atoms with Gasteiger partial charge >= 0.3 is 0 Å². The minimum Gasteiger partial charge on any atom is -0.368 e. The van der Waals surface area contributed by atoms with Crippen molar-refractivity contribution in [2.75, 3.05) is 59.3 Å². The smallest absolute Gasteiger partial charge is 0.232 e. The highest BCUT2D eigenvalue weighted by molar-refractivity contribution is 7.80. The third-order valence-corrected chi connectivity index (χ3v) is 8.00. The van der Waals surface area contributed by atoms with Gasteiger partial charge in [-0.1, -0.05) is 51.3 Å². The summed E-state index contributed by atoms with van der Waals surface area (Å²) in [5.41, 5.74) is 1.29. The Kier molecular flexibility index (Phi) is 8.09. The summed E-state index contributed by atoms with van der Waals surface area (Å²) in [7, 11) is 0. The highest BCUT2D eigenvalue weighted by atomic mass is 32.1. The molecule has 2 N–H and O–H groups in total. The summed E-state index contributed by atoms with van der Waals surface area (Å²) in [5.74, 6) is 3.92. The molecule has 0 amide bonds. The fourth-order valence-corrected chi connectivity index (χ4v) is 6.31. The first-order chi connectivity index (χ1) is 17.5. The second kappa shape index (κ2) is 11.6. The van der Waals surface area contributed by atoms with Crippen LogP contribution < -0.4 is 25.3 Å². The lowest BCUT2D eigenvalue weighted by atomic mass is 9.92. The van der Waals surface area contributed by atoms with E-state index in [0.717, 1.165) is 50.9 Å². The van der Waals surface area contributed by atoms with Crippen molar-refractivity contribution in [1.29, 1.82) is 0 Å². The number of hydrogen-bond acceptors (Lipinski definition) is 6. The molecule has 8 heteroatoms. The molecule has 0 bridgehead atoms. The summed E-state index contributed by atoms with van der Waals surface area (Å²) in [5, 5.41) is 7.49. The van der Waals surface area contributed by atoms with Crippen LogP contribution in [0, 0.1) is 11.8 Å². The molecule has 1 aromatic carbocycles. The Balaban J connectivity index is 1.33. The number of hydrogen-bond donors (Lipinski definition) is 2. The van der Waals surface area contributed by atoms with Crippen LogP contribution in [0.5, 0.6) is 0 Å². The third-order valence-electron chi connectivity index (χ3n) is 7.78. The zero-order valence-electron chi connectivity index (χ0n) is 21.8. The van der Waals surface area contributed by atoms with Crippen LogP contribution in [0.25, 0.3) is 0 Å². The monoisotopic (exact) mass is 507 g/mol. The molecule has 0 spiro atoms. The lowest BCUT2D eigenvalue weighted by Crippen LogP contribution is -2.47. The highest BCUT2D eigenvalue weighted by Gasteiger charge is 2.26. The molecule has 2 atom stereocenters. The molecule has 1 aliphatic carbocycles. The number of thiocarbonyl (C=S) groups is 1. The van der Waals surface area contributed by atoms with Crippen molar-refractivity contribution in [2.24, 2.45) is 11.8 Å². The van der Waals surface area contributed by atoms with Gasteiger partial charge in [-0.25, -0.2) is 0 Å². The molecule has 2 aliphatic heterocycles. The van der Waals surface area contributed by atoms with Crippen LogP contribution in [0.2, 0.25) is 0 Å². The van der Waals surface area contributed by atoms with Crippen LogP contribution in [0.4, 0.5) is 23.3 Å². The van der Waals surface area contributed by atoms with Crippen molar-refractivity contribution in [1.82, 2.24) is 15.3 Å². The molecule has 3 fully saturated rings. The van der Waals surface area contributed by atoms with Gasteiger partial charge < -0.3 is 25.3 Å². The molecule has 2 saturated heterocycles. The molecule has 194 valence electrons. The number of nitrogens with zero attached hydrogens (tertiary/aromatic N) is 5. The van der Waals surface area contributed by atoms with Crippen molar-refractivity contribution in [2.45, 2.75) is 58.4 Å². The Labute approximate surface area is 221 Å². The maximum Gasteiger partial charge on any atom is 0.232 e. The Morgan fingerprint density at radius 2 is 1.44 bits per heavy atom. The van der Waals surface area contributed by atoms with Crippen molar-refractivity contribution >= 4 is 40.6 Å². The maximum absolute atomic E-state index is 5.69. The fourth-order valence-electron chi connectivity index (χ4n) is 6.05. The van der Waals surface area contributed by atoms with Crippen molar-refractivity contribution in [3.63, 3.8) is 0 Å². The molecule has 5 rings (SSSR count). The van der Waals surface area contributed by atoms with E-state index in [1.165, 1.54) is 44.2 Å². The normalized spacial score (nSPS) is 23.4. The molecule has 3 heterocycles. The van der Waals surface area contributed by atoms with Gasteiger partial charge in [-0.15, -0.1) is 0 Å². The lowest BCUT2D eigenvalue weighted by molar-refractivity contribution is 0.355. The number of rotatable bonds is 5. The lowest BCUT2D eigenvalue weighted by Gasteiger charge is -2.38. The number of piperidine rings is 1. The van der Waals surface area contributed by atoms with Gasteiger partial charge in [0.25, 0.3) is 0 Å². The summed E-state index contributed by atoms with van der Waals surface area (Å²) in [6.45, 7) is 10.6. The topological polar surface area (TPSA) is 59.6 Å². The minimum absolute atomic E-state index is 0.455. The number of nitrogens with one attached hydrogen (secondary N) is 2. The largest absolute Gasteiger partial charge is 0.368 e. The number of anilines is 4. The summed E-state index contributed by atoms with van der Waals surface area (Å²) in [6.07, 6.45) is 7.52. The zero-order valence-corrected chi connectivity index (χ0v) is 22.6. The van der Waals surface area contributed by atoms with Crippen LogP contribution in [0.15, 0.2) is 36.4 Å². The Bertz CT molecular complexity index is 992. The van der Waals surface area contributed by atoms with Crippen LogP contribution >= 0.6 is 12.2 Å². The maximum atomic E-state index is 5.69. The molecule has 3 aliphatic rings. The SMILES string of the molecule is C[C@@H]1C[C@@H](C)CN(c2cc(N3CCN(c4ccccc4)CC3)nc(NC(=S)NC3CCCCC3)n2)C1. The van der Waals surface area contributed by atoms with Crippen molar-refractivity contribution in [3.8, 4) is 0 Å². The molecule has 2 aromatic rings.